The number of carbonyl (C=O) groups excluding carboxylic acids is 2. The molecule has 0 aromatic heterocycles. The molecular weight excluding hydrogens is 893 g/mol. The van der Waals surface area contributed by atoms with Crippen molar-refractivity contribution in [3.8, 4) is 23.7 Å². The molecule has 0 aromatic rings. The molecule has 0 heterocycles. The molecule has 6 fully saturated rings. The number of hydrogen-bond acceptors (Lipinski definition) is 4. The molecule has 73 heavy (non-hydrogen) atoms. The maximum atomic E-state index is 13.0. The monoisotopic (exact) mass is 1010 g/mol. The van der Waals surface area contributed by atoms with E-state index in [-0.39, 0.29) is 92.4 Å². The van der Waals surface area contributed by atoms with Gasteiger partial charge in [0.15, 0.2) is 0 Å². The normalized spacial score (nSPS) is 37.1. The SMILES string of the molecule is C.C.C.C.C.C.CC(C)CCCC(C)C1CCC2C3CC=C4CC(OC(=O)CC#CCC#CCC(=O)OC5CCC6(C)C(=CCC7C6CCC6(C)C(C(C)CCCC(C)C)CCC76)C5)CCC4(C)C3CCC12C. The van der Waals surface area contributed by atoms with Crippen LogP contribution in [0.25, 0.3) is 0 Å². The number of esters is 2. The molecule has 4 heteroatoms. The molecule has 0 aliphatic heterocycles. The third-order valence-electron chi connectivity index (χ3n) is 22.0. The van der Waals surface area contributed by atoms with Crippen molar-refractivity contribution in [3.05, 3.63) is 23.3 Å². The molecule has 0 saturated heterocycles. The zero-order valence-corrected chi connectivity index (χ0v) is 44.5. The van der Waals surface area contributed by atoms with Crippen LogP contribution in [0.5, 0.6) is 0 Å². The summed E-state index contributed by atoms with van der Waals surface area (Å²) in [6.45, 7) is 25.1. The van der Waals surface area contributed by atoms with Crippen LogP contribution in [0.2, 0.25) is 0 Å². The van der Waals surface area contributed by atoms with E-state index in [0.717, 1.165) is 110 Å². The summed E-state index contributed by atoms with van der Waals surface area (Å²) in [4.78, 5) is 25.9. The molecule has 0 spiro atoms. The average Bonchev–Trinajstić information content (AvgIpc) is 3.83. The highest BCUT2D eigenvalue weighted by Crippen LogP contribution is 2.69. The second-order valence-electron chi connectivity index (χ2n) is 26.5. The molecule has 4 nitrogen and oxygen atoms in total. The topological polar surface area (TPSA) is 52.6 Å². The van der Waals surface area contributed by atoms with Crippen molar-refractivity contribution in [1.29, 1.82) is 0 Å². The van der Waals surface area contributed by atoms with Gasteiger partial charge in [-0.25, -0.2) is 0 Å². The van der Waals surface area contributed by atoms with Crippen molar-refractivity contribution in [3.63, 3.8) is 0 Å². The Morgan fingerprint density at radius 2 is 0.890 bits per heavy atom. The Balaban J connectivity index is 0.00000304. The first-order valence-electron chi connectivity index (χ1n) is 28.7. The number of rotatable bonds is 14. The fraction of sp³-hybridized carbons (Fsp3) is 0.855. The minimum atomic E-state index is -0.223. The molecule has 420 valence electrons. The molecule has 0 radical (unpaired) electrons. The molecule has 0 bridgehead atoms. The van der Waals surface area contributed by atoms with Crippen molar-refractivity contribution >= 4 is 11.9 Å². The lowest BCUT2D eigenvalue weighted by molar-refractivity contribution is -0.151. The van der Waals surface area contributed by atoms with Gasteiger partial charge in [-0.15, -0.1) is 0 Å². The van der Waals surface area contributed by atoms with Crippen molar-refractivity contribution < 1.29 is 19.1 Å². The van der Waals surface area contributed by atoms with Crippen molar-refractivity contribution in [2.24, 2.45) is 92.7 Å². The summed E-state index contributed by atoms with van der Waals surface area (Å²) in [5, 5.41) is 0. The molecular formula is C69H120O4. The zero-order chi connectivity index (χ0) is 47.7. The van der Waals surface area contributed by atoms with Crippen LogP contribution in [0, 0.1) is 116 Å². The maximum Gasteiger partial charge on any atom is 0.318 e. The van der Waals surface area contributed by atoms with Crippen LogP contribution in [0.3, 0.4) is 0 Å². The van der Waals surface area contributed by atoms with Gasteiger partial charge in [-0.1, -0.05) is 199 Å². The Kier molecular flexibility index (Phi) is 25.3. The van der Waals surface area contributed by atoms with E-state index in [1.165, 1.54) is 103 Å². The number of ether oxygens (including phenoxy) is 2. The lowest BCUT2D eigenvalue weighted by Crippen LogP contribution is -2.51. The standard InChI is InChI=1S/C63H96O4.6CH4/c1-42(2)18-16-20-44(5)52-28-30-54-50-26-24-46-40-48(32-36-60(46,7)56(50)34-38-62(52,54)9)66-58(64)22-14-12-11-13-15-23-59(65)67-49-33-37-61(8)47(41-49)25-27-51-55-31-29-53(45(6)21-17-19-43(3)4)63(55,10)39-35-57(51)61;;;;;;/h24-25,42-45,48-57H,11,16-23,26-41H2,1-10H3;6*1H4. The number of allylic oxidation sites excluding steroid dienone is 2. The highest BCUT2D eigenvalue weighted by Gasteiger charge is 2.61. The molecule has 8 aliphatic carbocycles. The quantitative estimate of drug-likeness (QED) is 0.0988. The summed E-state index contributed by atoms with van der Waals surface area (Å²) in [5.74, 6) is 21.6. The van der Waals surface area contributed by atoms with E-state index in [1.807, 2.05) is 0 Å². The van der Waals surface area contributed by atoms with Crippen LogP contribution in [-0.2, 0) is 19.1 Å². The number of hydrogen-bond donors (Lipinski definition) is 0. The summed E-state index contributed by atoms with van der Waals surface area (Å²) < 4.78 is 12.1. The Hall–Kier alpha value is -2.46. The van der Waals surface area contributed by atoms with Gasteiger partial charge in [-0.3, -0.25) is 9.59 Å². The van der Waals surface area contributed by atoms with Crippen LogP contribution in [0.1, 0.15) is 274 Å². The lowest BCUT2D eigenvalue weighted by atomic mass is 9.47. The Labute approximate surface area is 455 Å². The van der Waals surface area contributed by atoms with Gasteiger partial charge in [-0.2, -0.15) is 0 Å². The minimum Gasteiger partial charge on any atom is -0.461 e. The predicted octanol–water partition coefficient (Wildman–Crippen LogP) is 19.9. The van der Waals surface area contributed by atoms with Gasteiger partial charge >= 0.3 is 11.9 Å². The zero-order valence-electron chi connectivity index (χ0n) is 44.5. The van der Waals surface area contributed by atoms with Gasteiger partial charge in [-0.05, 0) is 183 Å². The molecule has 0 amide bonds. The van der Waals surface area contributed by atoms with Crippen LogP contribution in [0.15, 0.2) is 23.3 Å². The van der Waals surface area contributed by atoms with Crippen molar-refractivity contribution in [2.45, 2.75) is 287 Å². The molecule has 8 aliphatic rings. The van der Waals surface area contributed by atoms with Gasteiger partial charge in [0.25, 0.3) is 0 Å². The third kappa shape index (κ3) is 13.8. The second-order valence-corrected chi connectivity index (χ2v) is 26.5. The first-order valence-corrected chi connectivity index (χ1v) is 28.7. The van der Waals surface area contributed by atoms with Gasteiger partial charge < -0.3 is 9.47 Å². The summed E-state index contributed by atoms with van der Waals surface area (Å²) in [6, 6.07) is 0. The highest BCUT2D eigenvalue weighted by atomic mass is 16.5. The highest BCUT2D eigenvalue weighted by molar-refractivity contribution is 5.73. The van der Waals surface area contributed by atoms with Gasteiger partial charge in [0.2, 0.25) is 0 Å². The summed E-state index contributed by atoms with van der Waals surface area (Å²) in [6.07, 6.45) is 33.5. The fourth-order valence-electron chi connectivity index (χ4n) is 18.4. The van der Waals surface area contributed by atoms with E-state index in [1.54, 1.807) is 11.1 Å². The van der Waals surface area contributed by atoms with Gasteiger partial charge in [0.1, 0.15) is 25.0 Å². The van der Waals surface area contributed by atoms with Crippen LogP contribution in [-0.4, -0.2) is 24.1 Å². The van der Waals surface area contributed by atoms with Crippen LogP contribution in [0.4, 0.5) is 0 Å². The van der Waals surface area contributed by atoms with Crippen LogP contribution >= 0.6 is 0 Å². The molecule has 16 atom stereocenters. The number of carbonyl (C=O) groups is 2. The largest absolute Gasteiger partial charge is 0.461 e. The fourth-order valence-corrected chi connectivity index (χ4v) is 18.4. The Morgan fingerprint density at radius 1 is 0.507 bits per heavy atom. The minimum absolute atomic E-state index is 0. The Morgan fingerprint density at radius 3 is 1.26 bits per heavy atom. The first kappa shape index (κ1) is 66.7. The smallest absolute Gasteiger partial charge is 0.318 e. The summed E-state index contributed by atoms with van der Waals surface area (Å²) in [5.41, 5.74) is 4.62. The van der Waals surface area contributed by atoms with E-state index >= 15 is 0 Å². The second kappa shape index (κ2) is 27.7. The summed E-state index contributed by atoms with van der Waals surface area (Å²) in [7, 11) is 0. The van der Waals surface area contributed by atoms with E-state index in [9.17, 15) is 9.59 Å². The van der Waals surface area contributed by atoms with E-state index in [2.05, 4.69) is 105 Å². The lowest BCUT2D eigenvalue weighted by Gasteiger charge is -2.58. The van der Waals surface area contributed by atoms with E-state index in [0.29, 0.717) is 17.3 Å². The van der Waals surface area contributed by atoms with E-state index < -0.39 is 0 Å². The molecule has 8 rings (SSSR count). The van der Waals surface area contributed by atoms with Gasteiger partial charge in [0, 0.05) is 12.8 Å². The summed E-state index contributed by atoms with van der Waals surface area (Å²) >= 11 is 0. The van der Waals surface area contributed by atoms with Crippen molar-refractivity contribution in [2.75, 3.05) is 0 Å². The van der Waals surface area contributed by atoms with Gasteiger partial charge in [0.05, 0.1) is 6.42 Å². The third-order valence-corrected chi connectivity index (χ3v) is 22.0. The number of fused-ring (bicyclic) bond motifs is 10. The van der Waals surface area contributed by atoms with Crippen LogP contribution < -0.4 is 0 Å². The molecule has 0 aromatic carbocycles. The molecule has 16 unspecified atom stereocenters. The molecule has 0 N–H and O–H groups in total. The van der Waals surface area contributed by atoms with E-state index in [4.69, 9.17) is 9.47 Å². The van der Waals surface area contributed by atoms with Crippen molar-refractivity contribution in [1.82, 2.24) is 0 Å². The average molecular weight is 1010 g/mol. The molecule has 6 saturated carbocycles. The maximum absolute atomic E-state index is 13.0. The first-order chi connectivity index (χ1) is 32.0. The Bertz CT molecular complexity index is 1810. The predicted molar refractivity (Wildman–Crippen MR) is 316 cm³/mol.